The Balaban J connectivity index is 2.59. The maximum Gasteiger partial charge on any atom is 0.348 e. The molecule has 0 saturated heterocycles. The zero-order chi connectivity index (χ0) is 12.2. The first-order valence-corrected chi connectivity index (χ1v) is 6.36. The Morgan fingerprint density at radius 1 is 0.824 bits per heavy atom. The van der Waals surface area contributed by atoms with Crippen molar-refractivity contribution in [1.29, 1.82) is 0 Å². The van der Waals surface area contributed by atoms with E-state index in [0.717, 1.165) is 9.86 Å². The molecular formula is C12H4Br2O3. The number of carbonyl (C=O) groups excluding carboxylic acids is 2. The zero-order valence-electron chi connectivity index (χ0n) is 8.29. The van der Waals surface area contributed by atoms with Gasteiger partial charge in [0.1, 0.15) is 0 Å². The lowest BCUT2D eigenvalue weighted by atomic mass is 10.0. The second kappa shape index (κ2) is 3.65. The number of halogens is 2. The number of fused-ring (bicyclic) bond motifs is 3. The molecule has 1 heterocycles. The van der Waals surface area contributed by atoms with E-state index in [9.17, 15) is 9.59 Å². The summed E-state index contributed by atoms with van der Waals surface area (Å²) in [5.74, 6) is -1.20. The lowest BCUT2D eigenvalue weighted by Crippen LogP contribution is -1.97. The Kier molecular flexibility index (Phi) is 2.34. The number of hydrogen-bond donors (Lipinski definition) is 0. The molecule has 3 rings (SSSR count). The van der Waals surface area contributed by atoms with E-state index in [1.54, 1.807) is 6.07 Å². The van der Waals surface area contributed by atoms with Crippen LogP contribution in [0.25, 0.3) is 10.8 Å². The van der Waals surface area contributed by atoms with Crippen LogP contribution in [0.1, 0.15) is 20.7 Å². The molecule has 2 aromatic carbocycles. The van der Waals surface area contributed by atoms with Gasteiger partial charge in [-0.1, -0.05) is 24.3 Å². The minimum Gasteiger partial charge on any atom is -0.386 e. The molecule has 0 N–H and O–H groups in total. The summed E-state index contributed by atoms with van der Waals surface area (Å²) in [6, 6.07) is 7.36. The lowest BCUT2D eigenvalue weighted by Gasteiger charge is -2.06. The summed E-state index contributed by atoms with van der Waals surface area (Å²) in [6.45, 7) is 0. The van der Waals surface area contributed by atoms with Gasteiger partial charge in [0.25, 0.3) is 0 Å². The topological polar surface area (TPSA) is 43.4 Å². The van der Waals surface area contributed by atoms with Crippen LogP contribution in [-0.4, -0.2) is 11.9 Å². The highest BCUT2D eigenvalue weighted by atomic mass is 79.9. The molecule has 0 aromatic heterocycles. The number of ether oxygens (including phenoxy) is 1. The minimum absolute atomic E-state index is 0.292. The van der Waals surface area contributed by atoms with E-state index in [0.29, 0.717) is 21.0 Å². The Labute approximate surface area is 113 Å². The molecule has 0 amide bonds. The van der Waals surface area contributed by atoms with Gasteiger partial charge in [-0.15, -0.1) is 0 Å². The van der Waals surface area contributed by atoms with Crippen LogP contribution < -0.4 is 0 Å². The summed E-state index contributed by atoms with van der Waals surface area (Å²) in [5, 5.41) is 1.58. The van der Waals surface area contributed by atoms with Gasteiger partial charge in [-0.05, 0) is 42.6 Å². The third kappa shape index (κ3) is 1.39. The van der Waals surface area contributed by atoms with E-state index >= 15 is 0 Å². The standard InChI is InChI=1S/C12H4Br2O3/c13-9-6-4-2-1-3-5(6)7-8(10(9)14)12(16)17-11(7)15/h1-4H. The van der Waals surface area contributed by atoms with Crippen molar-refractivity contribution in [3.8, 4) is 0 Å². The highest BCUT2D eigenvalue weighted by molar-refractivity contribution is 9.13. The third-order valence-electron chi connectivity index (χ3n) is 2.69. The van der Waals surface area contributed by atoms with Gasteiger partial charge < -0.3 is 4.74 Å². The van der Waals surface area contributed by atoms with Gasteiger partial charge in [-0.2, -0.15) is 0 Å². The van der Waals surface area contributed by atoms with Gasteiger partial charge in [0, 0.05) is 8.95 Å². The first-order valence-electron chi connectivity index (χ1n) is 4.77. The molecule has 1 aliphatic heterocycles. The fourth-order valence-electron chi connectivity index (χ4n) is 1.95. The van der Waals surface area contributed by atoms with E-state index in [4.69, 9.17) is 0 Å². The van der Waals surface area contributed by atoms with E-state index in [1.165, 1.54) is 0 Å². The van der Waals surface area contributed by atoms with Gasteiger partial charge in [0.2, 0.25) is 0 Å². The van der Waals surface area contributed by atoms with Gasteiger partial charge >= 0.3 is 11.9 Å². The SMILES string of the molecule is O=C1OC(=O)c2c1c(Br)c(Br)c1ccccc21. The normalized spacial score (nSPS) is 14.0. The summed E-state index contributed by atoms with van der Waals surface area (Å²) in [5.41, 5.74) is 0.626. The second-order valence-corrected chi connectivity index (χ2v) is 5.19. The van der Waals surface area contributed by atoms with Gasteiger partial charge in [-0.3, -0.25) is 0 Å². The molecule has 2 aromatic rings. The van der Waals surface area contributed by atoms with Crippen LogP contribution in [0.2, 0.25) is 0 Å². The Morgan fingerprint density at radius 2 is 1.41 bits per heavy atom. The quantitative estimate of drug-likeness (QED) is 0.535. The van der Waals surface area contributed by atoms with Crippen molar-refractivity contribution < 1.29 is 14.3 Å². The highest BCUT2D eigenvalue weighted by Crippen LogP contribution is 2.40. The van der Waals surface area contributed by atoms with Crippen LogP contribution in [0.5, 0.6) is 0 Å². The van der Waals surface area contributed by atoms with E-state index in [2.05, 4.69) is 36.6 Å². The average Bonchev–Trinajstić information content (AvgIpc) is 2.62. The third-order valence-corrected chi connectivity index (χ3v) is 4.84. The van der Waals surface area contributed by atoms with Crippen LogP contribution in [0, 0.1) is 0 Å². The fourth-order valence-corrected chi connectivity index (χ4v) is 3.07. The molecule has 1 aliphatic rings. The van der Waals surface area contributed by atoms with Crippen molar-refractivity contribution >= 4 is 54.6 Å². The monoisotopic (exact) mass is 354 g/mol. The molecular weight excluding hydrogens is 352 g/mol. The predicted molar refractivity (Wildman–Crippen MR) is 69.1 cm³/mol. The molecule has 17 heavy (non-hydrogen) atoms. The zero-order valence-corrected chi connectivity index (χ0v) is 11.5. The van der Waals surface area contributed by atoms with E-state index in [-0.39, 0.29) is 0 Å². The lowest BCUT2D eigenvalue weighted by molar-refractivity contribution is 0.0444. The van der Waals surface area contributed by atoms with Crippen LogP contribution >= 0.6 is 31.9 Å². The largest absolute Gasteiger partial charge is 0.386 e. The predicted octanol–water partition coefficient (Wildman–Crippen LogP) is 3.68. The summed E-state index contributed by atoms with van der Waals surface area (Å²) < 4.78 is 5.95. The minimum atomic E-state index is -0.608. The molecule has 5 heteroatoms. The maximum atomic E-state index is 11.7. The molecule has 0 bridgehead atoms. The van der Waals surface area contributed by atoms with Crippen molar-refractivity contribution in [3.63, 3.8) is 0 Å². The number of carbonyl (C=O) groups is 2. The Morgan fingerprint density at radius 3 is 2.12 bits per heavy atom. The van der Waals surface area contributed by atoms with Crippen molar-refractivity contribution in [2.75, 3.05) is 0 Å². The van der Waals surface area contributed by atoms with E-state index in [1.807, 2.05) is 18.2 Å². The molecule has 0 fully saturated rings. The first kappa shape index (κ1) is 10.9. The van der Waals surface area contributed by atoms with Crippen molar-refractivity contribution in [2.24, 2.45) is 0 Å². The average molecular weight is 356 g/mol. The molecule has 0 spiro atoms. The molecule has 84 valence electrons. The maximum absolute atomic E-state index is 11.7. The van der Waals surface area contributed by atoms with Crippen molar-refractivity contribution in [1.82, 2.24) is 0 Å². The molecule has 0 radical (unpaired) electrons. The fraction of sp³-hybridized carbons (Fsp3) is 0. The van der Waals surface area contributed by atoms with Gasteiger partial charge in [0.05, 0.1) is 11.1 Å². The molecule has 0 saturated carbocycles. The molecule has 0 unspecified atom stereocenters. The van der Waals surface area contributed by atoms with Crippen LogP contribution in [0.4, 0.5) is 0 Å². The van der Waals surface area contributed by atoms with Crippen LogP contribution in [-0.2, 0) is 4.74 Å². The number of benzene rings is 2. The number of cyclic esters (lactones) is 2. The second-order valence-electron chi connectivity index (χ2n) is 3.60. The summed E-state index contributed by atoms with van der Waals surface area (Å²) >= 11 is 6.74. The Bertz CT molecular complexity index is 692. The van der Waals surface area contributed by atoms with Crippen LogP contribution in [0.15, 0.2) is 33.2 Å². The molecule has 0 aliphatic carbocycles. The van der Waals surface area contributed by atoms with Crippen molar-refractivity contribution in [3.05, 3.63) is 44.3 Å². The number of esters is 2. The van der Waals surface area contributed by atoms with Crippen molar-refractivity contribution in [2.45, 2.75) is 0 Å². The summed E-state index contributed by atoms with van der Waals surface area (Å²) in [4.78, 5) is 23.3. The van der Waals surface area contributed by atoms with Gasteiger partial charge in [-0.25, -0.2) is 9.59 Å². The summed E-state index contributed by atoms with van der Waals surface area (Å²) in [7, 11) is 0. The smallest absolute Gasteiger partial charge is 0.348 e. The van der Waals surface area contributed by atoms with Gasteiger partial charge in [0.15, 0.2) is 0 Å². The highest BCUT2D eigenvalue weighted by Gasteiger charge is 2.35. The number of rotatable bonds is 0. The Hall–Kier alpha value is -1.20. The number of hydrogen-bond acceptors (Lipinski definition) is 3. The molecule has 0 atom stereocenters. The molecule has 3 nitrogen and oxygen atoms in total. The van der Waals surface area contributed by atoms with Crippen LogP contribution in [0.3, 0.4) is 0 Å². The first-order chi connectivity index (χ1) is 8.11. The van der Waals surface area contributed by atoms with E-state index < -0.39 is 11.9 Å². The summed E-state index contributed by atoms with van der Waals surface area (Å²) in [6.07, 6.45) is 0.